The summed E-state index contributed by atoms with van der Waals surface area (Å²) in [7, 11) is 1.49. The van der Waals surface area contributed by atoms with E-state index in [1.807, 2.05) is 0 Å². The lowest BCUT2D eigenvalue weighted by Gasteiger charge is -2.10. The third-order valence-electron chi connectivity index (χ3n) is 2.34. The van der Waals surface area contributed by atoms with Gasteiger partial charge in [0.25, 0.3) is 0 Å². The Morgan fingerprint density at radius 2 is 1.90 bits per heavy atom. The number of rotatable bonds is 9. The molecule has 6 nitrogen and oxygen atoms in total. The van der Waals surface area contributed by atoms with Gasteiger partial charge in [0.2, 0.25) is 9.05 Å². The fourth-order valence-electron chi connectivity index (χ4n) is 1.44. The molecule has 0 atom stereocenters. The number of ether oxygens (including phenoxy) is 3. The van der Waals surface area contributed by atoms with Gasteiger partial charge in [0.15, 0.2) is 0 Å². The summed E-state index contributed by atoms with van der Waals surface area (Å²) in [6, 6.07) is 6.70. The molecule has 0 radical (unpaired) electrons. The van der Waals surface area contributed by atoms with E-state index in [0.717, 1.165) is 0 Å². The van der Waals surface area contributed by atoms with Crippen LogP contribution in [-0.2, 0) is 18.5 Å². The van der Waals surface area contributed by atoms with Crippen molar-refractivity contribution in [2.45, 2.75) is 6.92 Å². The molecule has 0 aliphatic rings. The van der Waals surface area contributed by atoms with Crippen LogP contribution in [0.5, 0.6) is 5.75 Å². The minimum Gasteiger partial charge on any atom is -0.490 e. The van der Waals surface area contributed by atoms with Gasteiger partial charge in [0, 0.05) is 10.7 Å². The normalized spacial score (nSPS) is 11.1. The average molecular weight is 337 g/mol. The molecule has 0 N–H and O–H groups in total. The van der Waals surface area contributed by atoms with Crippen molar-refractivity contribution in [2.24, 2.45) is 0 Å². The molecule has 8 heteroatoms. The molecule has 0 fully saturated rings. The van der Waals surface area contributed by atoms with E-state index in [1.165, 1.54) is 0 Å². The van der Waals surface area contributed by atoms with E-state index in [-0.39, 0.29) is 32.2 Å². The first-order chi connectivity index (χ1) is 9.94. The number of hydrogen-bond donors (Lipinski definition) is 0. The summed E-state index contributed by atoms with van der Waals surface area (Å²) < 4.78 is 36.8. The molecule has 0 saturated carbocycles. The van der Waals surface area contributed by atoms with Crippen molar-refractivity contribution in [1.82, 2.24) is 0 Å². The van der Waals surface area contributed by atoms with Crippen molar-refractivity contribution in [3.8, 4) is 5.75 Å². The maximum absolute atomic E-state index is 11.7. The molecule has 1 aromatic carbocycles. The Morgan fingerprint density at radius 1 is 1.19 bits per heavy atom. The zero-order chi connectivity index (χ0) is 15.7. The van der Waals surface area contributed by atoms with Crippen LogP contribution in [0.1, 0.15) is 17.3 Å². The summed E-state index contributed by atoms with van der Waals surface area (Å²) in [5, 5.41) is 0. The monoisotopic (exact) mass is 336 g/mol. The van der Waals surface area contributed by atoms with E-state index in [4.69, 9.17) is 24.9 Å². The molecule has 0 aliphatic carbocycles. The lowest BCUT2D eigenvalue weighted by molar-refractivity contribution is 0.0518. The van der Waals surface area contributed by atoms with Crippen molar-refractivity contribution in [3.63, 3.8) is 0 Å². The van der Waals surface area contributed by atoms with Crippen LogP contribution in [0.15, 0.2) is 24.3 Å². The van der Waals surface area contributed by atoms with E-state index in [9.17, 15) is 13.2 Å². The zero-order valence-corrected chi connectivity index (χ0v) is 13.2. The quantitative estimate of drug-likeness (QED) is 0.389. The lowest BCUT2D eigenvalue weighted by atomic mass is 10.2. The Balaban J connectivity index is 2.40. The standard InChI is InChI=1S/C13H17ClO6S/c1-2-19-13(15)11-5-3-4-6-12(11)20-8-7-18-9-10-21(14,16)17/h3-6H,2,7-10H2,1H3. The summed E-state index contributed by atoms with van der Waals surface area (Å²) in [5.41, 5.74) is 0.336. The first-order valence-electron chi connectivity index (χ1n) is 6.33. The number of hydrogen-bond acceptors (Lipinski definition) is 6. The van der Waals surface area contributed by atoms with E-state index >= 15 is 0 Å². The Bertz CT molecular complexity index is 558. The predicted octanol–water partition coefficient (Wildman–Crippen LogP) is 1.83. The van der Waals surface area contributed by atoms with E-state index in [1.54, 1.807) is 31.2 Å². The van der Waals surface area contributed by atoms with Crippen LogP contribution in [0.4, 0.5) is 0 Å². The van der Waals surface area contributed by atoms with Crippen molar-refractivity contribution in [2.75, 3.05) is 32.2 Å². The van der Waals surface area contributed by atoms with Gasteiger partial charge in [0.05, 0.1) is 25.6 Å². The summed E-state index contributed by atoms with van der Waals surface area (Å²) in [4.78, 5) is 11.7. The number of esters is 1. The molecule has 0 spiro atoms. The molecule has 0 aromatic heterocycles. The third-order valence-corrected chi connectivity index (χ3v) is 3.46. The largest absolute Gasteiger partial charge is 0.490 e. The minimum atomic E-state index is -3.54. The highest BCUT2D eigenvalue weighted by molar-refractivity contribution is 8.13. The first kappa shape index (κ1) is 17.7. The molecule has 118 valence electrons. The maximum atomic E-state index is 11.7. The Hall–Kier alpha value is -1.31. The lowest BCUT2D eigenvalue weighted by Crippen LogP contribution is -2.13. The molecule has 0 saturated heterocycles. The molecule has 0 amide bonds. The second kappa shape index (κ2) is 8.86. The molecule has 0 heterocycles. The second-order valence-corrected chi connectivity index (χ2v) is 6.82. The number of benzene rings is 1. The highest BCUT2D eigenvalue weighted by Crippen LogP contribution is 2.18. The van der Waals surface area contributed by atoms with E-state index in [0.29, 0.717) is 11.3 Å². The van der Waals surface area contributed by atoms with Gasteiger partial charge in [-0.3, -0.25) is 0 Å². The van der Waals surface area contributed by atoms with Crippen molar-refractivity contribution >= 4 is 25.7 Å². The highest BCUT2D eigenvalue weighted by atomic mass is 35.7. The summed E-state index contributed by atoms with van der Waals surface area (Å²) in [6.45, 7) is 2.36. The van der Waals surface area contributed by atoms with Gasteiger partial charge in [0.1, 0.15) is 17.9 Å². The molecule has 0 aliphatic heterocycles. The zero-order valence-electron chi connectivity index (χ0n) is 11.6. The number of carbonyl (C=O) groups is 1. The molecular formula is C13H17ClO6S. The van der Waals surface area contributed by atoms with Gasteiger partial charge in [-0.15, -0.1) is 0 Å². The molecule has 1 rings (SSSR count). The molecule has 0 bridgehead atoms. The van der Waals surface area contributed by atoms with Gasteiger partial charge in [-0.1, -0.05) is 12.1 Å². The van der Waals surface area contributed by atoms with Gasteiger partial charge in [-0.2, -0.15) is 0 Å². The topological polar surface area (TPSA) is 78.9 Å². The van der Waals surface area contributed by atoms with Gasteiger partial charge >= 0.3 is 5.97 Å². The fourth-order valence-corrected chi connectivity index (χ4v) is 1.95. The average Bonchev–Trinajstić information content (AvgIpc) is 2.42. The Labute approximate surface area is 128 Å². The number of carbonyl (C=O) groups excluding carboxylic acids is 1. The van der Waals surface area contributed by atoms with Crippen LogP contribution in [0.2, 0.25) is 0 Å². The van der Waals surface area contributed by atoms with Crippen molar-refractivity contribution in [1.29, 1.82) is 0 Å². The summed E-state index contributed by atoms with van der Waals surface area (Å²) in [6.07, 6.45) is 0. The predicted molar refractivity (Wildman–Crippen MR) is 78.4 cm³/mol. The molecule has 1 aromatic rings. The van der Waals surface area contributed by atoms with Gasteiger partial charge in [-0.25, -0.2) is 13.2 Å². The highest BCUT2D eigenvalue weighted by Gasteiger charge is 2.12. The van der Waals surface area contributed by atoms with Crippen LogP contribution in [0, 0.1) is 0 Å². The molecular weight excluding hydrogens is 320 g/mol. The maximum Gasteiger partial charge on any atom is 0.341 e. The van der Waals surface area contributed by atoms with Crippen molar-refractivity contribution < 1.29 is 27.4 Å². The van der Waals surface area contributed by atoms with E-state index in [2.05, 4.69) is 0 Å². The fraction of sp³-hybridized carbons (Fsp3) is 0.462. The second-order valence-electron chi connectivity index (χ2n) is 3.92. The SMILES string of the molecule is CCOC(=O)c1ccccc1OCCOCCS(=O)(=O)Cl. The molecule has 21 heavy (non-hydrogen) atoms. The minimum absolute atomic E-state index is 0.00524. The number of halogens is 1. The van der Waals surface area contributed by atoms with Gasteiger partial charge in [-0.05, 0) is 19.1 Å². The van der Waals surface area contributed by atoms with E-state index < -0.39 is 15.0 Å². The van der Waals surface area contributed by atoms with Crippen LogP contribution < -0.4 is 4.74 Å². The van der Waals surface area contributed by atoms with Crippen molar-refractivity contribution in [3.05, 3.63) is 29.8 Å². The Kier molecular flexibility index (Phi) is 7.49. The first-order valence-corrected chi connectivity index (χ1v) is 8.81. The number of para-hydroxylation sites is 1. The van der Waals surface area contributed by atoms with Crippen LogP contribution in [0.3, 0.4) is 0 Å². The van der Waals surface area contributed by atoms with Crippen LogP contribution in [-0.4, -0.2) is 46.6 Å². The smallest absolute Gasteiger partial charge is 0.341 e. The van der Waals surface area contributed by atoms with Crippen LogP contribution >= 0.6 is 10.7 Å². The van der Waals surface area contributed by atoms with Gasteiger partial charge < -0.3 is 14.2 Å². The summed E-state index contributed by atoms with van der Waals surface area (Å²) >= 11 is 0. The molecule has 0 unspecified atom stereocenters. The summed E-state index contributed by atoms with van der Waals surface area (Å²) in [5.74, 6) is -0.319. The third kappa shape index (κ3) is 7.31. The van der Waals surface area contributed by atoms with Crippen LogP contribution in [0.25, 0.3) is 0 Å². The Morgan fingerprint density at radius 3 is 2.57 bits per heavy atom.